The summed E-state index contributed by atoms with van der Waals surface area (Å²) >= 11 is 0. The van der Waals surface area contributed by atoms with Crippen molar-refractivity contribution in [1.82, 2.24) is 4.98 Å². The number of esters is 1. The lowest BCUT2D eigenvalue weighted by Gasteiger charge is -2.10. The molecule has 0 fully saturated rings. The molecule has 0 radical (unpaired) electrons. The van der Waals surface area contributed by atoms with Crippen LogP contribution in [0.1, 0.15) is 5.56 Å². The molecule has 2 rings (SSSR count). The number of benzene rings is 1. The molecule has 5 N–H and O–H groups in total. The molecule has 0 saturated heterocycles. The van der Waals surface area contributed by atoms with Crippen molar-refractivity contribution in [1.29, 1.82) is 0 Å². The highest BCUT2D eigenvalue weighted by Crippen LogP contribution is 2.29. The Morgan fingerprint density at radius 3 is 2.58 bits per heavy atom. The fourth-order valence-electron chi connectivity index (χ4n) is 1.62. The largest absolute Gasteiger partial charge is 0.494 e. The predicted molar refractivity (Wildman–Crippen MR) is 67.9 cm³/mol. The van der Waals surface area contributed by atoms with Crippen LogP contribution < -0.4 is 10.5 Å². The lowest BCUT2D eigenvalue weighted by Crippen LogP contribution is -2.36. The summed E-state index contributed by atoms with van der Waals surface area (Å²) in [7, 11) is 0. The minimum Gasteiger partial charge on any atom is -0.494 e. The fraction of sp³-hybridized carbons (Fsp3) is 0.154. The van der Waals surface area contributed by atoms with Crippen molar-refractivity contribution in [2.45, 2.75) is 12.5 Å². The molecule has 0 amide bonds. The van der Waals surface area contributed by atoms with E-state index in [9.17, 15) is 9.90 Å². The smallest absolute Gasteiger partial charge is 0.328 e. The van der Waals surface area contributed by atoms with Crippen molar-refractivity contribution in [2.75, 3.05) is 0 Å². The highest BCUT2D eigenvalue weighted by atomic mass is 16.5. The van der Waals surface area contributed by atoms with Gasteiger partial charge in [-0.1, -0.05) is 30.3 Å². The molecule has 0 aliphatic heterocycles. The van der Waals surface area contributed by atoms with Gasteiger partial charge in [-0.05, 0) is 12.0 Å². The minimum atomic E-state index is -0.848. The van der Waals surface area contributed by atoms with Crippen LogP contribution in [0.25, 0.3) is 0 Å². The van der Waals surface area contributed by atoms with Crippen LogP contribution in [-0.4, -0.2) is 27.2 Å². The zero-order valence-corrected chi connectivity index (χ0v) is 10.0. The van der Waals surface area contributed by atoms with Crippen LogP contribution >= 0.6 is 0 Å². The van der Waals surface area contributed by atoms with Gasteiger partial charge in [-0.3, -0.25) is 4.98 Å². The molecule has 6 heteroatoms. The standard InChI is InChI=1S/C13H14N2O4/c14-9(6-8-4-2-1-3-5-8)13(18)19-10-7-11(16)15-12(10)17/h1-5,7,9,15-17H,6,14H2/t9-/m0/s1. The van der Waals surface area contributed by atoms with Gasteiger partial charge in [0.2, 0.25) is 5.88 Å². The normalized spacial score (nSPS) is 12.1. The second-order valence-corrected chi connectivity index (χ2v) is 4.08. The molecule has 1 heterocycles. The maximum absolute atomic E-state index is 11.7. The zero-order valence-electron chi connectivity index (χ0n) is 10.0. The van der Waals surface area contributed by atoms with Crippen molar-refractivity contribution in [3.63, 3.8) is 0 Å². The van der Waals surface area contributed by atoms with E-state index in [1.807, 2.05) is 30.3 Å². The molecule has 0 aliphatic carbocycles. The number of nitrogens with two attached hydrogens (primary N) is 1. The van der Waals surface area contributed by atoms with Crippen LogP contribution in [-0.2, 0) is 11.2 Å². The zero-order chi connectivity index (χ0) is 13.8. The summed E-state index contributed by atoms with van der Waals surface area (Å²) in [6.45, 7) is 0. The maximum atomic E-state index is 11.7. The van der Waals surface area contributed by atoms with E-state index in [0.717, 1.165) is 11.6 Å². The molecule has 0 aliphatic rings. The van der Waals surface area contributed by atoms with Gasteiger partial charge < -0.3 is 20.7 Å². The summed E-state index contributed by atoms with van der Waals surface area (Å²) in [4.78, 5) is 13.9. The second-order valence-electron chi connectivity index (χ2n) is 4.08. The van der Waals surface area contributed by atoms with Crippen molar-refractivity contribution in [3.05, 3.63) is 42.0 Å². The third kappa shape index (κ3) is 3.26. The number of H-pyrrole nitrogens is 1. The Bertz CT molecular complexity index is 565. The summed E-state index contributed by atoms with van der Waals surface area (Å²) in [5.74, 6) is -1.54. The molecule has 1 aromatic carbocycles. The number of carbonyl (C=O) groups excluding carboxylic acids is 1. The first-order chi connectivity index (χ1) is 9.06. The summed E-state index contributed by atoms with van der Waals surface area (Å²) in [6.07, 6.45) is 0.330. The van der Waals surface area contributed by atoms with Gasteiger partial charge in [0.05, 0.1) is 0 Å². The Balaban J connectivity index is 1.98. The maximum Gasteiger partial charge on any atom is 0.328 e. The number of ether oxygens (including phenoxy) is 1. The molecule has 0 unspecified atom stereocenters. The summed E-state index contributed by atoms with van der Waals surface area (Å²) in [5, 5.41) is 18.4. The molecule has 1 atom stereocenters. The molecule has 6 nitrogen and oxygen atoms in total. The molecular formula is C13H14N2O4. The lowest BCUT2D eigenvalue weighted by molar-refractivity contribution is -0.135. The van der Waals surface area contributed by atoms with Crippen LogP contribution in [0.2, 0.25) is 0 Å². The summed E-state index contributed by atoms with van der Waals surface area (Å²) in [6, 6.07) is 9.53. The average Bonchev–Trinajstić information content (AvgIpc) is 2.69. The van der Waals surface area contributed by atoms with Gasteiger partial charge >= 0.3 is 5.97 Å². The first-order valence-electron chi connectivity index (χ1n) is 5.68. The van der Waals surface area contributed by atoms with Gasteiger partial charge in [-0.25, -0.2) is 4.79 Å². The van der Waals surface area contributed by atoms with Crippen LogP contribution in [0.5, 0.6) is 17.5 Å². The van der Waals surface area contributed by atoms with E-state index in [4.69, 9.17) is 15.6 Å². The van der Waals surface area contributed by atoms with E-state index < -0.39 is 17.9 Å². The second kappa shape index (κ2) is 5.45. The molecular weight excluding hydrogens is 248 g/mol. The molecule has 2 aromatic rings. The fourth-order valence-corrected chi connectivity index (χ4v) is 1.62. The molecule has 19 heavy (non-hydrogen) atoms. The van der Waals surface area contributed by atoms with E-state index in [1.54, 1.807) is 0 Å². The van der Waals surface area contributed by atoms with Crippen LogP contribution in [0.3, 0.4) is 0 Å². The Labute approximate surface area is 109 Å². The molecule has 1 aromatic heterocycles. The summed E-state index contributed by atoms with van der Waals surface area (Å²) < 4.78 is 4.89. The molecule has 100 valence electrons. The van der Waals surface area contributed by atoms with Crippen molar-refractivity contribution in [2.24, 2.45) is 5.73 Å². The van der Waals surface area contributed by atoms with Gasteiger partial charge in [0.25, 0.3) is 0 Å². The average molecular weight is 262 g/mol. The first kappa shape index (κ1) is 13.0. The van der Waals surface area contributed by atoms with E-state index in [0.29, 0.717) is 6.42 Å². The van der Waals surface area contributed by atoms with E-state index in [-0.39, 0.29) is 11.6 Å². The number of hydrogen-bond donors (Lipinski definition) is 4. The Kier molecular flexibility index (Phi) is 3.72. The van der Waals surface area contributed by atoms with Crippen LogP contribution in [0.4, 0.5) is 0 Å². The molecule has 0 saturated carbocycles. The van der Waals surface area contributed by atoms with Crippen molar-refractivity contribution in [3.8, 4) is 17.5 Å². The van der Waals surface area contributed by atoms with E-state index >= 15 is 0 Å². The SMILES string of the molecule is N[C@@H](Cc1ccccc1)C(=O)Oc1cc(O)[nH]c1O. The minimum absolute atomic E-state index is 0.147. The number of aromatic hydroxyl groups is 2. The third-order valence-electron chi connectivity index (χ3n) is 2.56. The third-order valence-corrected chi connectivity index (χ3v) is 2.56. The summed E-state index contributed by atoms with van der Waals surface area (Å²) in [5.41, 5.74) is 6.64. The first-order valence-corrected chi connectivity index (χ1v) is 5.68. The Hall–Kier alpha value is -2.47. The number of hydrogen-bond acceptors (Lipinski definition) is 5. The monoisotopic (exact) mass is 262 g/mol. The number of nitrogens with one attached hydrogen (secondary N) is 1. The Morgan fingerprint density at radius 1 is 1.32 bits per heavy atom. The van der Waals surface area contributed by atoms with E-state index in [1.165, 1.54) is 0 Å². The highest BCUT2D eigenvalue weighted by molar-refractivity contribution is 5.79. The predicted octanol–water partition coefficient (Wildman–Crippen LogP) is 0.901. The van der Waals surface area contributed by atoms with Crippen molar-refractivity contribution >= 4 is 5.97 Å². The van der Waals surface area contributed by atoms with Crippen LogP contribution in [0, 0.1) is 0 Å². The van der Waals surface area contributed by atoms with Gasteiger partial charge in [0, 0.05) is 6.07 Å². The number of rotatable bonds is 4. The number of aromatic amines is 1. The van der Waals surface area contributed by atoms with Gasteiger partial charge in [0.1, 0.15) is 6.04 Å². The van der Waals surface area contributed by atoms with Gasteiger partial charge in [-0.2, -0.15) is 0 Å². The topological polar surface area (TPSA) is 109 Å². The lowest BCUT2D eigenvalue weighted by atomic mass is 10.1. The van der Waals surface area contributed by atoms with Gasteiger partial charge in [-0.15, -0.1) is 0 Å². The Morgan fingerprint density at radius 2 is 2.00 bits per heavy atom. The quantitative estimate of drug-likeness (QED) is 0.612. The number of carbonyl (C=O) groups is 1. The van der Waals surface area contributed by atoms with Crippen molar-refractivity contribution < 1.29 is 19.7 Å². The van der Waals surface area contributed by atoms with Gasteiger partial charge in [0.15, 0.2) is 11.6 Å². The number of aromatic nitrogens is 1. The van der Waals surface area contributed by atoms with E-state index in [2.05, 4.69) is 4.98 Å². The highest BCUT2D eigenvalue weighted by Gasteiger charge is 2.19. The molecule has 0 bridgehead atoms. The molecule has 0 spiro atoms. The van der Waals surface area contributed by atoms with Crippen LogP contribution in [0.15, 0.2) is 36.4 Å².